The van der Waals surface area contributed by atoms with Crippen LogP contribution in [0.15, 0.2) is 103 Å². The van der Waals surface area contributed by atoms with Gasteiger partial charge < -0.3 is 4.57 Å². The molecule has 2 heteroatoms. The zero-order valence-corrected chi connectivity index (χ0v) is 15.2. The molecule has 3 aromatic rings. The van der Waals surface area contributed by atoms with Gasteiger partial charge >= 0.3 is 0 Å². The SMILES string of the molecule is O=P(C/C=C\CCc1ccccc1)(c1ccccc1)c1ccccc1. The van der Waals surface area contributed by atoms with Gasteiger partial charge in [0.1, 0.15) is 7.14 Å². The van der Waals surface area contributed by atoms with Gasteiger partial charge in [0, 0.05) is 16.8 Å². The summed E-state index contributed by atoms with van der Waals surface area (Å²) in [6.07, 6.45) is 6.79. The van der Waals surface area contributed by atoms with Crippen molar-refractivity contribution in [2.45, 2.75) is 12.8 Å². The maximum absolute atomic E-state index is 13.8. The summed E-state index contributed by atoms with van der Waals surface area (Å²) in [6.45, 7) is 0. The van der Waals surface area contributed by atoms with E-state index in [9.17, 15) is 4.57 Å². The molecule has 0 bridgehead atoms. The van der Waals surface area contributed by atoms with Crippen molar-refractivity contribution >= 4 is 17.8 Å². The van der Waals surface area contributed by atoms with E-state index in [4.69, 9.17) is 0 Å². The van der Waals surface area contributed by atoms with Crippen molar-refractivity contribution < 1.29 is 4.57 Å². The summed E-state index contributed by atoms with van der Waals surface area (Å²) < 4.78 is 13.8. The van der Waals surface area contributed by atoms with E-state index >= 15 is 0 Å². The molecule has 126 valence electrons. The Labute approximate surface area is 150 Å². The third-order valence-corrected chi connectivity index (χ3v) is 7.31. The maximum atomic E-state index is 13.8. The molecule has 0 aromatic heterocycles. The standard InChI is InChI=1S/C23H23OP/c24-25(22-16-8-2-9-17-22,23-18-10-3-11-19-23)20-12-4-7-15-21-13-5-1-6-14-21/h1-6,8-14,16-19H,7,15,20H2/b12-4-. The Bertz CT molecular complexity index is 796. The molecule has 1 nitrogen and oxygen atoms in total. The summed E-state index contributed by atoms with van der Waals surface area (Å²) >= 11 is 0. The molecular weight excluding hydrogens is 323 g/mol. The van der Waals surface area contributed by atoms with Crippen molar-refractivity contribution in [1.82, 2.24) is 0 Å². The molecular formula is C23H23OP. The molecule has 0 atom stereocenters. The van der Waals surface area contributed by atoms with E-state index < -0.39 is 7.14 Å². The fourth-order valence-electron chi connectivity index (χ4n) is 2.93. The topological polar surface area (TPSA) is 17.1 Å². The van der Waals surface area contributed by atoms with Gasteiger partial charge in [-0.05, 0) is 18.4 Å². The van der Waals surface area contributed by atoms with E-state index in [-0.39, 0.29) is 0 Å². The Kier molecular flexibility index (Phi) is 6.04. The number of allylic oxidation sites excluding steroid dienone is 2. The highest BCUT2D eigenvalue weighted by Crippen LogP contribution is 2.43. The van der Waals surface area contributed by atoms with Crippen LogP contribution in [0.1, 0.15) is 12.0 Å². The zero-order valence-electron chi connectivity index (χ0n) is 14.3. The van der Waals surface area contributed by atoms with E-state index in [2.05, 4.69) is 36.4 Å². The van der Waals surface area contributed by atoms with Crippen LogP contribution >= 0.6 is 7.14 Å². The Balaban J connectivity index is 1.73. The summed E-state index contributed by atoms with van der Waals surface area (Å²) in [6, 6.07) is 30.2. The van der Waals surface area contributed by atoms with E-state index in [1.54, 1.807) is 0 Å². The van der Waals surface area contributed by atoms with Gasteiger partial charge in [-0.3, -0.25) is 0 Å². The van der Waals surface area contributed by atoms with Gasteiger partial charge in [-0.25, -0.2) is 0 Å². The van der Waals surface area contributed by atoms with Gasteiger partial charge in [0.25, 0.3) is 0 Å². The predicted octanol–water partition coefficient (Wildman–Crippen LogP) is 5.19. The third kappa shape index (κ3) is 4.59. The monoisotopic (exact) mass is 346 g/mol. The van der Waals surface area contributed by atoms with Crippen LogP contribution in [0.4, 0.5) is 0 Å². The zero-order chi connectivity index (χ0) is 17.4. The maximum Gasteiger partial charge on any atom is 0.146 e. The lowest BCUT2D eigenvalue weighted by molar-refractivity contribution is 0.588. The van der Waals surface area contributed by atoms with Crippen molar-refractivity contribution in [1.29, 1.82) is 0 Å². The highest BCUT2D eigenvalue weighted by Gasteiger charge is 2.25. The van der Waals surface area contributed by atoms with Crippen LogP contribution in [-0.2, 0) is 11.0 Å². The molecule has 0 amide bonds. The first-order valence-electron chi connectivity index (χ1n) is 8.68. The van der Waals surface area contributed by atoms with E-state index in [0.717, 1.165) is 23.5 Å². The predicted molar refractivity (Wildman–Crippen MR) is 109 cm³/mol. The molecule has 0 heterocycles. The molecule has 0 aliphatic carbocycles. The van der Waals surface area contributed by atoms with Crippen molar-refractivity contribution in [3.63, 3.8) is 0 Å². The molecule has 25 heavy (non-hydrogen) atoms. The molecule has 3 aromatic carbocycles. The third-order valence-electron chi connectivity index (χ3n) is 4.32. The minimum Gasteiger partial charge on any atom is -0.313 e. The molecule has 0 unspecified atom stereocenters. The van der Waals surface area contributed by atoms with Crippen LogP contribution in [-0.4, -0.2) is 6.16 Å². The molecule has 0 radical (unpaired) electrons. The van der Waals surface area contributed by atoms with Crippen molar-refractivity contribution in [2.24, 2.45) is 0 Å². The molecule has 0 saturated carbocycles. The Morgan fingerprint density at radius 3 is 1.64 bits per heavy atom. The van der Waals surface area contributed by atoms with Gasteiger partial charge in [-0.2, -0.15) is 0 Å². The first kappa shape index (κ1) is 17.5. The summed E-state index contributed by atoms with van der Waals surface area (Å²) in [5.41, 5.74) is 1.33. The Morgan fingerprint density at radius 2 is 1.12 bits per heavy atom. The second-order valence-electron chi connectivity index (χ2n) is 6.09. The van der Waals surface area contributed by atoms with E-state index in [0.29, 0.717) is 6.16 Å². The number of hydrogen-bond acceptors (Lipinski definition) is 1. The van der Waals surface area contributed by atoms with Gasteiger partial charge in [0.2, 0.25) is 0 Å². The number of benzene rings is 3. The lowest BCUT2D eigenvalue weighted by atomic mass is 10.1. The molecule has 3 rings (SSSR count). The minimum atomic E-state index is -2.62. The fraction of sp³-hybridized carbons (Fsp3) is 0.130. The molecule has 0 spiro atoms. The lowest BCUT2D eigenvalue weighted by Gasteiger charge is -2.17. The van der Waals surface area contributed by atoms with Crippen LogP contribution in [0.25, 0.3) is 0 Å². The number of aryl methyl sites for hydroxylation is 1. The van der Waals surface area contributed by atoms with Crippen molar-refractivity contribution in [3.8, 4) is 0 Å². The average Bonchev–Trinajstić information content (AvgIpc) is 2.70. The highest BCUT2D eigenvalue weighted by atomic mass is 31.2. The van der Waals surface area contributed by atoms with Crippen LogP contribution in [0, 0.1) is 0 Å². The molecule has 0 N–H and O–H groups in total. The second kappa shape index (κ2) is 8.65. The van der Waals surface area contributed by atoms with E-state index in [1.807, 2.05) is 66.7 Å². The summed E-state index contributed by atoms with van der Waals surface area (Å²) in [4.78, 5) is 0. The average molecular weight is 346 g/mol. The summed E-state index contributed by atoms with van der Waals surface area (Å²) in [5, 5.41) is 1.85. The van der Waals surface area contributed by atoms with Crippen molar-refractivity contribution in [3.05, 3.63) is 109 Å². The Hall–Kier alpha value is -2.37. The summed E-state index contributed by atoms with van der Waals surface area (Å²) in [7, 11) is -2.62. The first-order valence-corrected chi connectivity index (χ1v) is 10.6. The molecule has 0 fully saturated rings. The molecule has 0 saturated heterocycles. The number of hydrogen-bond donors (Lipinski definition) is 0. The fourth-order valence-corrected chi connectivity index (χ4v) is 5.41. The minimum absolute atomic E-state index is 0.565. The highest BCUT2D eigenvalue weighted by molar-refractivity contribution is 7.78. The smallest absolute Gasteiger partial charge is 0.146 e. The second-order valence-corrected chi connectivity index (χ2v) is 8.97. The Morgan fingerprint density at radius 1 is 0.640 bits per heavy atom. The van der Waals surface area contributed by atoms with Crippen LogP contribution in [0.5, 0.6) is 0 Å². The van der Waals surface area contributed by atoms with Crippen LogP contribution in [0.3, 0.4) is 0 Å². The summed E-state index contributed by atoms with van der Waals surface area (Å²) in [5.74, 6) is 0. The quantitative estimate of drug-likeness (QED) is 0.425. The van der Waals surface area contributed by atoms with Crippen molar-refractivity contribution in [2.75, 3.05) is 6.16 Å². The molecule has 0 aliphatic rings. The molecule has 0 aliphatic heterocycles. The van der Waals surface area contributed by atoms with Gasteiger partial charge in [-0.1, -0.05) is 103 Å². The van der Waals surface area contributed by atoms with Gasteiger partial charge in [0.15, 0.2) is 0 Å². The van der Waals surface area contributed by atoms with Gasteiger partial charge in [0.05, 0.1) is 0 Å². The lowest BCUT2D eigenvalue weighted by Crippen LogP contribution is -2.17. The van der Waals surface area contributed by atoms with Crippen LogP contribution in [0.2, 0.25) is 0 Å². The number of rotatable bonds is 7. The first-order chi connectivity index (χ1) is 12.3. The van der Waals surface area contributed by atoms with Gasteiger partial charge in [-0.15, -0.1) is 0 Å². The normalized spacial score (nSPS) is 11.7. The largest absolute Gasteiger partial charge is 0.313 e. The van der Waals surface area contributed by atoms with E-state index in [1.165, 1.54) is 5.56 Å². The van der Waals surface area contributed by atoms with Crippen LogP contribution < -0.4 is 10.6 Å².